The van der Waals surface area contributed by atoms with Crippen LogP contribution in [0.4, 0.5) is 19.0 Å². The van der Waals surface area contributed by atoms with Gasteiger partial charge < -0.3 is 10.3 Å². The molecule has 0 saturated heterocycles. The highest BCUT2D eigenvalue weighted by Crippen LogP contribution is 2.27. The van der Waals surface area contributed by atoms with Gasteiger partial charge in [0.25, 0.3) is 5.95 Å². The molecule has 3 heterocycles. The fourth-order valence-electron chi connectivity index (χ4n) is 1.71. The standard InChI is InChI=1S/C10H8F3N7/c1-19-4-15-6-7(14)16-9(17-8(6)19)20-3-2-5(18-20)10(11,12)13/h2-4H,1H3,(H2,14,16,17). The van der Waals surface area contributed by atoms with Gasteiger partial charge in [-0.2, -0.15) is 28.2 Å². The Morgan fingerprint density at radius 3 is 2.65 bits per heavy atom. The van der Waals surface area contributed by atoms with E-state index in [0.717, 1.165) is 16.9 Å². The number of nitrogen functional groups attached to an aromatic ring is 1. The molecule has 20 heavy (non-hydrogen) atoms. The van der Waals surface area contributed by atoms with Gasteiger partial charge in [-0.25, -0.2) is 9.67 Å². The molecule has 0 unspecified atom stereocenters. The average Bonchev–Trinajstić information content (AvgIpc) is 2.96. The number of nitrogens with zero attached hydrogens (tertiary/aromatic N) is 6. The van der Waals surface area contributed by atoms with Crippen molar-refractivity contribution in [1.29, 1.82) is 0 Å². The van der Waals surface area contributed by atoms with E-state index in [-0.39, 0.29) is 11.8 Å². The first kappa shape index (κ1) is 12.4. The van der Waals surface area contributed by atoms with Crippen LogP contribution in [0.1, 0.15) is 5.69 Å². The van der Waals surface area contributed by atoms with Crippen molar-refractivity contribution in [3.05, 3.63) is 24.3 Å². The van der Waals surface area contributed by atoms with Crippen molar-refractivity contribution in [2.24, 2.45) is 7.05 Å². The Labute approximate surface area is 109 Å². The second-order valence-corrected chi connectivity index (χ2v) is 4.08. The maximum Gasteiger partial charge on any atom is 0.435 e. The summed E-state index contributed by atoms with van der Waals surface area (Å²) in [5, 5.41) is 3.40. The maximum absolute atomic E-state index is 12.5. The van der Waals surface area contributed by atoms with Crippen molar-refractivity contribution in [3.63, 3.8) is 0 Å². The zero-order valence-corrected chi connectivity index (χ0v) is 10.1. The molecule has 0 aliphatic carbocycles. The lowest BCUT2D eigenvalue weighted by molar-refractivity contribution is -0.141. The summed E-state index contributed by atoms with van der Waals surface area (Å²) in [5.74, 6) is 0.0313. The largest absolute Gasteiger partial charge is 0.435 e. The van der Waals surface area contributed by atoms with Gasteiger partial charge in [-0.05, 0) is 6.07 Å². The molecule has 0 spiro atoms. The Bertz CT molecular complexity index is 786. The molecular formula is C10H8F3N7. The predicted octanol–water partition coefficient (Wildman–Crippen LogP) is 1.15. The van der Waals surface area contributed by atoms with Gasteiger partial charge in [0.1, 0.15) is 5.52 Å². The van der Waals surface area contributed by atoms with E-state index in [0.29, 0.717) is 11.2 Å². The third-order valence-corrected chi connectivity index (χ3v) is 2.66. The number of nitrogens with two attached hydrogens (primary N) is 1. The quantitative estimate of drug-likeness (QED) is 0.723. The summed E-state index contributed by atoms with van der Waals surface area (Å²) < 4.78 is 40.0. The maximum atomic E-state index is 12.5. The SMILES string of the molecule is Cn1cnc2c(N)nc(-n3ccc(C(F)(F)F)n3)nc21. The van der Waals surface area contributed by atoms with E-state index in [1.165, 1.54) is 6.33 Å². The fraction of sp³-hybridized carbons (Fsp3) is 0.200. The number of hydrogen-bond donors (Lipinski definition) is 1. The van der Waals surface area contributed by atoms with Gasteiger partial charge in [-0.3, -0.25) is 0 Å². The Kier molecular flexibility index (Phi) is 2.43. The van der Waals surface area contributed by atoms with E-state index in [4.69, 9.17) is 5.73 Å². The molecule has 0 aliphatic heterocycles. The number of hydrogen-bond acceptors (Lipinski definition) is 5. The molecule has 7 nitrogen and oxygen atoms in total. The third kappa shape index (κ3) is 1.85. The second-order valence-electron chi connectivity index (χ2n) is 4.08. The molecule has 3 aromatic rings. The van der Waals surface area contributed by atoms with Crippen LogP contribution in [-0.2, 0) is 13.2 Å². The average molecular weight is 283 g/mol. The molecule has 3 rings (SSSR count). The van der Waals surface area contributed by atoms with E-state index < -0.39 is 11.9 Å². The molecule has 0 aliphatic rings. The summed E-state index contributed by atoms with van der Waals surface area (Å²) >= 11 is 0. The van der Waals surface area contributed by atoms with Gasteiger partial charge in [0.2, 0.25) is 0 Å². The number of fused-ring (bicyclic) bond motifs is 1. The molecule has 0 fully saturated rings. The first-order valence-corrected chi connectivity index (χ1v) is 5.44. The molecular weight excluding hydrogens is 275 g/mol. The Balaban J connectivity index is 2.14. The highest BCUT2D eigenvalue weighted by molar-refractivity contribution is 5.82. The van der Waals surface area contributed by atoms with Gasteiger partial charge >= 0.3 is 6.18 Å². The van der Waals surface area contributed by atoms with Crippen LogP contribution >= 0.6 is 0 Å². The Morgan fingerprint density at radius 2 is 2.00 bits per heavy atom. The van der Waals surface area contributed by atoms with Crippen molar-refractivity contribution in [2.75, 3.05) is 5.73 Å². The van der Waals surface area contributed by atoms with E-state index in [1.54, 1.807) is 11.6 Å². The zero-order valence-electron chi connectivity index (χ0n) is 10.1. The van der Waals surface area contributed by atoms with E-state index in [9.17, 15) is 13.2 Å². The lowest BCUT2D eigenvalue weighted by Gasteiger charge is -2.03. The number of aromatic nitrogens is 6. The topological polar surface area (TPSA) is 87.4 Å². The minimum absolute atomic E-state index is 0.0471. The summed E-state index contributed by atoms with van der Waals surface area (Å²) in [6.07, 6.45) is -1.91. The molecule has 0 saturated carbocycles. The molecule has 0 radical (unpaired) electrons. The van der Waals surface area contributed by atoms with Crippen LogP contribution in [0.25, 0.3) is 17.1 Å². The normalized spacial score (nSPS) is 12.2. The van der Waals surface area contributed by atoms with Crippen molar-refractivity contribution in [2.45, 2.75) is 6.18 Å². The number of anilines is 1. The molecule has 0 amide bonds. The van der Waals surface area contributed by atoms with Gasteiger partial charge in [-0.15, -0.1) is 0 Å². The third-order valence-electron chi connectivity index (χ3n) is 2.66. The number of alkyl halides is 3. The first-order chi connectivity index (χ1) is 9.36. The monoisotopic (exact) mass is 283 g/mol. The molecule has 10 heteroatoms. The van der Waals surface area contributed by atoms with Crippen LogP contribution in [0, 0.1) is 0 Å². The number of rotatable bonds is 1. The van der Waals surface area contributed by atoms with Crippen molar-refractivity contribution >= 4 is 17.0 Å². The Hall–Kier alpha value is -2.65. The fourth-order valence-corrected chi connectivity index (χ4v) is 1.71. The summed E-state index contributed by atoms with van der Waals surface area (Å²) in [6, 6.07) is 0.840. The number of halogens is 3. The summed E-state index contributed by atoms with van der Waals surface area (Å²) in [7, 11) is 1.69. The number of aryl methyl sites for hydroxylation is 1. The minimum atomic E-state index is -4.52. The lowest BCUT2D eigenvalue weighted by Crippen LogP contribution is -2.10. The van der Waals surface area contributed by atoms with Crippen molar-refractivity contribution in [3.8, 4) is 5.95 Å². The summed E-state index contributed by atoms with van der Waals surface area (Å²) in [5.41, 5.74) is 5.49. The van der Waals surface area contributed by atoms with Crippen LogP contribution in [0.5, 0.6) is 0 Å². The lowest BCUT2D eigenvalue weighted by atomic mass is 10.4. The number of imidazole rings is 1. The van der Waals surface area contributed by atoms with E-state index in [1.807, 2.05) is 0 Å². The predicted molar refractivity (Wildman–Crippen MR) is 62.8 cm³/mol. The molecule has 104 valence electrons. The molecule has 0 bridgehead atoms. The molecule has 0 atom stereocenters. The highest BCUT2D eigenvalue weighted by atomic mass is 19.4. The Morgan fingerprint density at radius 1 is 1.25 bits per heavy atom. The highest BCUT2D eigenvalue weighted by Gasteiger charge is 2.33. The van der Waals surface area contributed by atoms with Gasteiger partial charge in [0.15, 0.2) is 17.2 Å². The van der Waals surface area contributed by atoms with Crippen LogP contribution in [-0.4, -0.2) is 29.3 Å². The molecule has 2 N–H and O–H groups in total. The minimum Gasteiger partial charge on any atom is -0.382 e. The smallest absolute Gasteiger partial charge is 0.382 e. The molecule has 0 aromatic carbocycles. The van der Waals surface area contributed by atoms with Crippen LogP contribution < -0.4 is 5.73 Å². The van der Waals surface area contributed by atoms with E-state index in [2.05, 4.69) is 20.1 Å². The van der Waals surface area contributed by atoms with Gasteiger partial charge in [-0.1, -0.05) is 0 Å². The molecule has 3 aromatic heterocycles. The van der Waals surface area contributed by atoms with Crippen molar-refractivity contribution in [1.82, 2.24) is 29.3 Å². The van der Waals surface area contributed by atoms with Gasteiger partial charge in [0, 0.05) is 13.2 Å². The van der Waals surface area contributed by atoms with Gasteiger partial charge in [0.05, 0.1) is 6.33 Å². The van der Waals surface area contributed by atoms with Crippen LogP contribution in [0.2, 0.25) is 0 Å². The summed E-state index contributed by atoms with van der Waals surface area (Å²) in [6.45, 7) is 0. The zero-order chi connectivity index (χ0) is 14.5. The first-order valence-electron chi connectivity index (χ1n) is 5.44. The second kappa shape index (κ2) is 3.92. The van der Waals surface area contributed by atoms with Crippen molar-refractivity contribution < 1.29 is 13.2 Å². The van der Waals surface area contributed by atoms with Crippen LogP contribution in [0.3, 0.4) is 0 Å². The van der Waals surface area contributed by atoms with E-state index >= 15 is 0 Å². The van der Waals surface area contributed by atoms with Crippen LogP contribution in [0.15, 0.2) is 18.6 Å². The summed E-state index contributed by atoms with van der Waals surface area (Å²) in [4.78, 5) is 12.0.